The number of hydrogen-bond acceptors (Lipinski definition) is 3. The molecule has 3 nitrogen and oxygen atoms in total. The van der Waals surface area contributed by atoms with Crippen molar-refractivity contribution in [3.63, 3.8) is 0 Å². The first-order valence-corrected chi connectivity index (χ1v) is 8.29. The largest absolute Gasteiger partial charge is 0.362 e. The lowest BCUT2D eigenvalue weighted by atomic mass is 9.76. The number of aliphatic imine (C=N–C) groups is 1. The van der Waals surface area contributed by atoms with Crippen molar-refractivity contribution in [3.8, 4) is 0 Å². The van der Waals surface area contributed by atoms with Gasteiger partial charge in [-0.25, -0.2) is 0 Å². The highest BCUT2D eigenvalue weighted by molar-refractivity contribution is 6.13. The van der Waals surface area contributed by atoms with Crippen LogP contribution < -0.4 is 0 Å². The van der Waals surface area contributed by atoms with Crippen LogP contribution in [0.5, 0.6) is 0 Å². The van der Waals surface area contributed by atoms with Crippen LogP contribution in [0.25, 0.3) is 0 Å². The van der Waals surface area contributed by atoms with Gasteiger partial charge in [0.2, 0.25) is 0 Å². The van der Waals surface area contributed by atoms with Crippen molar-refractivity contribution in [2.45, 2.75) is 19.4 Å². The molecular formula is C22H24N2O. The number of carbonyl (C=O) groups excluding carboxylic acids is 1. The summed E-state index contributed by atoms with van der Waals surface area (Å²) >= 11 is 0. The monoisotopic (exact) mass is 332 g/mol. The van der Waals surface area contributed by atoms with Crippen molar-refractivity contribution < 1.29 is 4.79 Å². The van der Waals surface area contributed by atoms with Gasteiger partial charge in [0, 0.05) is 19.4 Å². The van der Waals surface area contributed by atoms with E-state index in [1.165, 1.54) is 22.9 Å². The third-order valence-electron chi connectivity index (χ3n) is 4.44. The summed E-state index contributed by atoms with van der Waals surface area (Å²) in [5.74, 6) is 0. The molecule has 2 aromatic rings. The highest BCUT2D eigenvalue weighted by Gasteiger charge is 2.38. The molecule has 0 saturated carbocycles. The molecular weight excluding hydrogens is 308 g/mol. The Balaban J connectivity index is 2.70. The van der Waals surface area contributed by atoms with Gasteiger partial charge in [-0.2, -0.15) is 0 Å². The number of hydrogen-bond donors (Lipinski definition) is 0. The Morgan fingerprint density at radius 2 is 1.52 bits per heavy atom. The van der Waals surface area contributed by atoms with E-state index in [0.29, 0.717) is 6.29 Å². The summed E-state index contributed by atoms with van der Waals surface area (Å²) in [4.78, 5) is 16.6. The van der Waals surface area contributed by atoms with Crippen LogP contribution in [0.2, 0.25) is 0 Å². The number of benzene rings is 2. The molecule has 0 fully saturated rings. The van der Waals surface area contributed by atoms with Gasteiger partial charge in [0.25, 0.3) is 0 Å². The number of allylic oxidation sites excluding steroid dienone is 1. The summed E-state index contributed by atoms with van der Waals surface area (Å²) in [7, 11) is 2.03. The molecule has 25 heavy (non-hydrogen) atoms. The molecule has 0 radical (unpaired) electrons. The molecule has 0 aliphatic heterocycles. The molecule has 3 heteroatoms. The molecule has 2 rings (SSSR count). The molecule has 2 aromatic carbocycles. The van der Waals surface area contributed by atoms with Crippen molar-refractivity contribution in [1.29, 1.82) is 0 Å². The zero-order chi connectivity index (χ0) is 18.1. The van der Waals surface area contributed by atoms with E-state index >= 15 is 0 Å². The maximum absolute atomic E-state index is 10.4. The first-order valence-electron chi connectivity index (χ1n) is 8.29. The van der Waals surface area contributed by atoms with Crippen molar-refractivity contribution in [1.82, 2.24) is 4.90 Å². The minimum Gasteiger partial charge on any atom is -0.362 e. The van der Waals surface area contributed by atoms with Crippen LogP contribution in [0.3, 0.4) is 0 Å². The van der Waals surface area contributed by atoms with E-state index in [-0.39, 0.29) is 0 Å². The van der Waals surface area contributed by atoms with Gasteiger partial charge in [0.05, 0.1) is 6.21 Å². The minimum absolute atomic E-state index is 0.454. The van der Waals surface area contributed by atoms with Gasteiger partial charge in [-0.05, 0) is 30.5 Å². The molecule has 0 aromatic heterocycles. The van der Waals surface area contributed by atoms with Gasteiger partial charge in [-0.1, -0.05) is 66.7 Å². The zero-order valence-corrected chi connectivity index (χ0v) is 15.0. The predicted molar refractivity (Wildman–Crippen MR) is 105 cm³/mol. The van der Waals surface area contributed by atoms with Gasteiger partial charge in [-0.3, -0.25) is 9.79 Å². The van der Waals surface area contributed by atoms with E-state index in [9.17, 15) is 4.79 Å². The molecule has 0 heterocycles. The predicted octanol–water partition coefficient (Wildman–Crippen LogP) is 4.57. The fourth-order valence-corrected chi connectivity index (χ4v) is 3.21. The Hall–Kier alpha value is -2.94. The lowest BCUT2D eigenvalue weighted by Crippen LogP contribution is -2.43. The number of rotatable bonds is 7. The topological polar surface area (TPSA) is 32.7 Å². The quantitative estimate of drug-likeness (QED) is 0.423. The molecule has 0 spiro atoms. The zero-order valence-electron chi connectivity index (χ0n) is 15.0. The van der Waals surface area contributed by atoms with Crippen LogP contribution in [-0.2, 0) is 10.3 Å². The summed E-state index contributed by atoms with van der Waals surface area (Å²) < 4.78 is 0. The Morgan fingerprint density at radius 3 is 1.96 bits per heavy atom. The summed E-state index contributed by atoms with van der Waals surface area (Å²) in [6, 6.07) is 20.8. The van der Waals surface area contributed by atoms with E-state index in [0.717, 1.165) is 0 Å². The van der Waals surface area contributed by atoms with Crippen molar-refractivity contribution in [2.75, 3.05) is 7.05 Å². The summed E-state index contributed by atoms with van der Waals surface area (Å²) in [6.07, 6.45) is 7.58. The molecule has 0 aliphatic carbocycles. The average molecular weight is 332 g/mol. The standard InChI is InChI=1S/C22H24N2O/c1-4-19(2)22(20-11-7-5-8-12-20,21-13-9-6-10-14-21)24(3)17-15-23-16-18-25/h4-18H,1-3H3/b17-15-,19-4+,23-16+. The molecule has 128 valence electrons. The summed E-state index contributed by atoms with van der Waals surface area (Å²) in [6.45, 7) is 4.19. The number of carbonyl (C=O) groups is 1. The Morgan fingerprint density at radius 1 is 1.00 bits per heavy atom. The van der Waals surface area contributed by atoms with E-state index in [2.05, 4.69) is 78.3 Å². The first-order chi connectivity index (χ1) is 12.2. The second-order valence-electron chi connectivity index (χ2n) is 5.76. The average Bonchev–Trinajstić information content (AvgIpc) is 2.67. The van der Waals surface area contributed by atoms with Crippen LogP contribution in [0, 0.1) is 0 Å². The van der Waals surface area contributed by atoms with Crippen molar-refractivity contribution >= 4 is 12.5 Å². The van der Waals surface area contributed by atoms with Crippen LogP contribution in [0.15, 0.2) is 89.7 Å². The minimum atomic E-state index is -0.454. The first kappa shape index (κ1) is 18.4. The van der Waals surface area contributed by atoms with Crippen LogP contribution in [0.1, 0.15) is 25.0 Å². The van der Waals surface area contributed by atoms with Gasteiger partial charge in [0.1, 0.15) is 5.54 Å². The van der Waals surface area contributed by atoms with Crippen LogP contribution >= 0.6 is 0 Å². The van der Waals surface area contributed by atoms with Crippen LogP contribution in [0.4, 0.5) is 0 Å². The van der Waals surface area contributed by atoms with Gasteiger partial charge in [0.15, 0.2) is 6.29 Å². The third kappa shape index (κ3) is 3.77. The summed E-state index contributed by atoms with van der Waals surface area (Å²) in [5.41, 5.74) is 3.09. The van der Waals surface area contributed by atoms with Gasteiger partial charge < -0.3 is 4.90 Å². The van der Waals surface area contributed by atoms with Gasteiger partial charge in [-0.15, -0.1) is 0 Å². The molecule has 0 N–H and O–H groups in total. The Labute approximate surface area is 150 Å². The molecule has 0 aliphatic rings. The smallest absolute Gasteiger partial charge is 0.161 e. The Bertz CT molecular complexity index is 722. The Kier molecular flexibility index (Phi) is 6.47. The molecule has 0 bridgehead atoms. The maximum atomic E-state index is 10.4. The fraction of sp³-hybridized carbons (Fsp3) is 0.182. The highest BCUT2D eigenvalue weighted by Crippen LogP contribution is 2.41. The van der Waals surface area contributed by atoms with E-state index in [4.69, 9.17) is 0 Å². The fourth-order valence-electron chi connectivity index (χ4n) is 3.21. The summed E-state index contributed by atoms with van der Waals surface area (Å²) in [5, 5.41) is 0. The lowest BCUT2D eigenvalue weighted by Gasteiger charge is -2.43. The highest BCUT2D eigenvalue weighted by atomic mass is 16.1. The van der Waals surface area contributed by atoms with Crippen LogP contribution in [-0.4, -0.2) is 24.4 Å². The van der Waals surface area contributed by atoms with E-state index in [1.54, 1.807) is 6.20 Å². The number of nitrogens with zero attached hydrogens (tertiary/aromatic N) is 2. The number of likely N-dealkylation sites (N-methyl/N-ethyl adjacent to an activating group) is 1. The maximum Gasteiger partial charge on any atom is 0.161 e. The van der Waals surface area contributed by atoms with E-state index in [1.807, 2.05) is 25.4 Å². The normalized spacial score (nSPS) is 12.7. The third-order valence-corrected chi connectivity index (χ3v) is 4.44. The number of aldehydes is 1. The van der Waals surface area contributed by atoms with Crippen molar-refractivity contribution in [2.24, 2.45) is 4.99 Å². The molecule has 0 saturated heterocycles. The molecule has 0 amide bonds. The van der Waals surface area contributed by atoms with Gasteiger partial charge >= 0.3 is 0 Å². The second-order valence-corrected chi connectivity index (χ2v) is 5.76. The molecule has 0 unspecified atom stereocenters. The SMILES string of the molecule is C/C=C(\C)C(c1ccccc1)(c1ccccc1)N(C)/C=C\N=C\C=O. The second kappa shape index (κ2) is 8.78. The van der Waals surface area contributed by atoms with Crippen molar-refractivity contribution in [3.05, 3.63) is 95.8 Å². The molecule has 0 atom stereocenters. The van der Waals surface area contributed by atoms with E-state index < -0.39 is 5.54 Å². The lowest BCUT2D eigenvalue weighted by molar-refractivity contribution is -0.102.